The third-order valence-electron chi connectivity index (χ3n) is 3.71. The van der Waals surface area contributed by atoms with Gasteiger partial charge in [-0.15, -0.1) is 0 Å². The van der Waals surface area contributed by atoms with Gasteiger partial charge in [0, 0.05) is 6.42 Å². The van der Waals surface area contributed by atoms with E-state index in [1.165, 1.54) is 7.11 Å². The molecule has 0 aliphatic rings. The zero-order chi connectivity index (χ0) is 20.6. The predicted octanol–water partition coefficient (Wildman–Crippen LogP) is 2.44. The second-order valence-corrected chi connectivity index (χ2v) is 7.64. The van der Waals surface area contributed by atoms with Gasteiger partial charge < -0.3 is 20.1 Å². The molecule has 1 aromatic carbocycles. The van der Waals surface area contributed by atoms with Crippen molar-refractivity contribution in [2.24, 2.45) is 5.92 Å². The van der Waals surface area contributed by atoms with Crippen molar-refractivity contribution in [3.63, 3.8) is 0 Å². The average molecular weight is 380 g/mol. The third kappa shape index (κ3) is 8.11. The Labute approximate surface area is 160 Å². The zero-order valence-corrected chi connectivity index (χ0v) is 16.9. The molecule has 1 aromatic rings. The lowest BCUT2D eigenvalue weighted by atomic mass is 10.0. The van der Waals surface area contributed by atoms with E-state index in [1.54, 1.807) is 34.6 Å². The number of alkyl carbamates (subject to hydrolysis) is 1. The Bertz CT molecular complexity index is 638. The standard InChI is InChI=1S/C20H30N2O5/c1-13(2)16(18(24)26-6)22-17(23)15(12-14-10-8-7-9-11-14)21-19(25)27-20(3,4)5/h7-11,13,15-16H,12H2,1-6H3,(H,21,25)(H,22,23)/t15-,16-/m0/s1/i23+2. The smallest absolute Gasteiger partial charge is 0.408 e. The molecule has 0 aliphatic heterocycles. The van der Waals surface area contributed by atoms with Gasteiger partial charge in [0.1, 0.15) is 17.7 Å². The summed E-state index contributed by atoms with van der Waals surface area (Å²) in [6.07, 6.45) is -0.435. The first-order valence-corrected chi connectivity index (χ1v) is 8.95. The van der Waals surface area contributed by atoms with E-state index in [0.717, 1.165) is 5.56 Å². The van der Waals surface area contributed by atoms with Gasteiger partial charge >= 0.3 is 12.1 Å². The lowest BCUT2D eigenvalue weighted by Crippen LogP contribution is -2.54. The number of amides is 2. The molecule has 0 saturated carbocycles. The van der Waals surface area contributed by atoms with Crippen molar-refractivity contribution in [3.05, 3.63) is 35.9 Å². The molecular formula is C20H30N2O5. The Balaban J connectivity index is 2.95. The van der Waals surface area contributed by atoms with Crippen LogP contribution in [0.4, 0.5) is 4.79 Å². The number of benzene rings is 1. The van der Waals surface area contributed by atoms with Gasteiger partial charge in [0.2, 0.25) is 5.91 Å². The molecule has 2 N–H and O–H groups in total. The van der Waals surface area contributed by atoms with Gasteiger partial charge in [0.25, 0.3) is 0 Å². The maximum absolute atomic E-state index is 12.8. The van der Waals surface area contributed by atoms with Crippen LogP contribution in [0.5, 0.6) is 0 Å². The monoisotopic (exact) mass is 380 g/mol. The first kappa shape index (κ1) is 22.5. The molecule has 0 aliphatic carbocycles. The average Bonchev–Trinajstić information content (AvgIpc) is 2.57. The topological polar surface area (TPSA) is 93.7 Å². The van der Waals surface area contributed by atoms with Crippen molar-refractivity contribution in [3.8, 4) is 0 Å². The molecule has 1 rings (SSSR count). The molecular weight excluding hydrogens is 350 g/mol. The molecule has 0 aromatic heterocycles. The van der Waals surface area contributed by atoms with E-state index in [0.29, 0.717) is 0 Å². The van der Waals surface area contributed by atoms with E-state index in [1.807, 2.05) is 30.3 Å². The van der Waals surface area contributed by atoms with Gasteiger partial charge in [-0.25, -0.2) is 9.59 Å². The molecule has 2 amide bonds. The molecule has 0 bridgehead atoms. The van der Waals surface area contributed by atoms with Crippen LogP contribution in [0.15, 0.2) is 30.3 Å². The van der Waals surface area contributed by atoms with Crippen molar-refractivity contribution < 1.29 is 23.9 Å². The third-order valence-corrected chi connectivity index (χ3v) is 3.71. The van der Waals surface area contributed by atoms with Crippen molar-refractivity contribution in [1.82, 2.24) is 10.6 Å². The Morgan fingerprint density at radius 1 is 1.11 bits per heavy atom. The summed E-state index contributed by atoms with van der Waals surface area (Å²) in [7, 11) is 1.27. The number of rotatable bonds is 7. The molecule has 7 heteroatoms. The summed E-state index contributed by atoms with van der Waals surface area (Å²) in [5.41, 5.74) is 0.178. The van der Waals surface area contributed by atoms with Crippen LogP contribution in [0.2, 0.25) is 0 Å². The number of nitrogens with one attached hydrogen (secondary N) is 2. The maximum atomic E-state index is 12.8. The zero-order valence-electron chi connectivity index (χ0n) is 16.9. The second kappa shape index (κ2) is 9.94. The molecule has 7 nitrogen and oxygen atoms in total. The van der Waals surface area contributed by atoms with E-state index in [9.17, 15) is 14.4 Å². The maximum Gasteiger partial charge on any atom is 0.408 e. The molecule has 0 radical (unpaired) electrons. The van der Waals surface area contributed by atoms with Gasteiger partial charge in [-0.3, -0.25) is 4.79 Å². The Morgan fingerprint density at radius 2 is 1.70 bits per heavy atom. The molecule has 0 unspecified atom stereocenters. The summed E-state index contributed by atoms with van der Waals surface area (Å²) in [5, 5.41) is 5.27. The van der Waals surface area contributed by atoms with Crippen LogP contribution in [-0.4, -0.2) is 42.8 Å². The molecule has 0 fully saturated rings. The van der Waals surface area contributed by atoms with E-state index in [2.05, 4.69) is 10.6 Å². The summed E-state index contributed by atoms with van der Waals surface area (Å²) >= 11 is 0. The van der Waals surface area contributed by atoms with Crippen LogP contribution in [0, 0.1) is 5.92 Å². The fourth-order valence-corrected chi connectivity index (χ4v) is 2.39. The molecule has 0 spiro atoms. The largest absolute Gasteiger partial charge is 0.467 e. The summed E-state index contributed by atoms with van der Waals surface area (Å²) in [5.74, 6) is -1.18. The molecule has 150 valence electrons. The SMILES string of the molecule is COC(=O)[C@@H](NC(=[18O])[C@H](Cc1ccccc1)NC(=O)OC(C)(C)C)C(C)C. The van der Waals surface area contributed by atoms with Crippen LogP contribution >= 0.6 is 0 Å². The second-order valence-electron chi connectivity index (χ2n) is 7.64. The van der Waals surface area contributed by atoms with Crippen molar-refractivity contribution in [1.29, 1.82) is 0 Å². The first-order chi connectivity index (χ1) is 12.5. The number of ether oxygens (including phenoxy) is 2. The summed E-state index contributed by atoms with van der Waals surface area (Å²) < 4.78 is 10.0. The Kier molecular flexibility index (Phi) is 8.28. The van der Waals surface area contributed by atoms with E-state index < -0.39 is 35.7 Å². The van der Waals surface area contributed by atoms with Gasteiger partial charge in [-0.2, -0.15) is 0 Å². The first-order valence-electron chi connectivity index (χ1n) is 8.95. The van der Waals surface area contributed by atoms with E-state index >= 15 is 0 Å². The minimum atomic E-state index is -0.895. The van der Waals surface area contributed by atoms with Crippen molar-refractivity contribution >= 4 is 18.0 Å². The summed E-state index contributed by atoms with van der Waals surface area (Å²) in [4.78, 5) is 36.9. The lowest BCUT2D eigenvalue weighted by molar-refractivity contribution is -0.146. The van der Waals surface area contributed by atoms with Crippen LogP contribution in [0.3, 0.4) is 0 Å². The summed E-state index contributed by atoms with van der Waals surface area (Å²) in [6, 6.07) is 7.58. The Morgan fingerprint density at radius 3 is 2.19 bits per heavy atom. The quantitative estimate of drug-likeness (QED) is 0.560. The number of carbonyl (C=O) groups excluding carboxylic acids is 3. The van der Waals surface area contributed by atoms with Crippen LogP contribution in [0.25, 0.3) is 0 Å². The molecule has 0 heterocycles. The van der Waals surface area contributed by atoms with Gasteiger partial charge in [-0.1, -0.05) is 44.2 Å². The van der Waals surface area contributed by atoms with Crippen LogP contribution in [0.1, 0.15) is 40.2 Å². The van der Waals surface area contributed by atoms with E-state index in [-0.39, 0.29) is 12.3 Å². The number of hydrogen-bond acceptors (Lipinski definition) is 5. The number of methoxy groups -OCH3 is 1. The highest BCUT2D eigenvalue weighted by Crippen LogP contribution is 2.10. The predicted molar refractivity (Wildman–Crippen MR) is 102 cm³/mol. The minimum absolute atomic E-state index is 0.166. The number of carbonyl (C=O) groups is 3. The number of esters is 1. The molecule has 0 saturated heterocycles. The van der Waals surface area contributed by atoms with Crippen molar-refractivity contribution in [2.75, 3.05) is 7.11 Å². The van der Waals surface area contributed by atoms with E-state index in [4.69, 9.17) is 9.47 Å². The minimum Gasteiger partial charge on any atom is -0.467 e. The van der Waals surface area contributed by atoms with Gasteiger partial charge in [0.15, 0.2) is 0 Å². The van der Waals surface area contributed by atoms with Crippen molar-refractivity contribution in [2.45, 2.75) is 58.7 Å². The highest BCUT2D eigenvalue weighted by atomic mass is 18.1. The highest BCUT2D eigenvalue weighted by molar-refractivity contribution is 5.90. The summed E-state index contributed by atoms with van der Waals surface area (Å²) in [6.45, 7) is 8.82. The lowest BCUT2D eigenvalue weighted by Gasteiger charge is -2.26. The van der Waals surface area contributed by atoms with Crippen LogP contribution < -0.4 is 10.6 Å². The fourth-order valence-electron chi connectivity index (χ4n) is 2.39. The van der Waals surface area contributed by atoms with Crippen LogP contribution in [-0.2, 0) is 25.5 Å². The highest BCUT2D eigenvalue weighted by Gasteiger charge is 2.30. The molecule has 2 atom stereocenters. The van der Waals surface area contributed by atoms with Gasteiger partial charge in [-0.05, 0) is 32.3 Å². The van der Waals surface area contributed by atoms with Gasteiger partial charge in [0.05, 0.1) is 7.11 Å². The fraction of sp³-hybridized carbons (Fsp3) is 0.550. The Hall–Kier alpha value is -2.57. The molecule has 27 heavy (non-hydrogen) atoms. The number of hydrogen-bond donors (Lipinski definition) is 2. The normalized spacial score (nSPS) is 13.4.